The summed E-state index contributed by atoms with van der Waals surface area (Å²) in [5, 5.41) is 19.5. The first-order valence-corrected chi connectivity index (χ1v) is 7.84. The number of hydrogen-bond acceptors (Lipinski definition) is 4. The lowest BCUT2D eigenvalue weighted by Crippen LogP contribution is -2.50. The smallest absolute Gasteiger partial charge is 0.388 e. The van der Waals surface area contributed by atoms with Crippen LogP contribution in [0.1, 0.15) is 30.4 Å². The normalized spacial score (nSPS) is 20.9. The number of nitrogens with zero attached hydrogens (tertiary/aromatic N) is 3. The van der Waals surface area contributed by atoms with E-state index in [1.165, 1.54) is 21.9 Å². The van der Waals surface area contributed by atoms with Gasteiger partial charge in [0.1, 0.15) is 0 Å². The Morgan fingerprint density at radius 2 is 2.12 bits per heavy atom. The topological polar surface area (TPSA) is 67.6 Å². The van der Waals surface area contributed by atoms with Crippen molar-refractivity contribution in [3.8, 4) is 6.07 Å². The fourth-order valence-corrected chi connectivity index (χ4v) is 3.01. The molecule has 136 valence electrons. The second-order valence-electron chi connectivity index (χ2n) is 6.56. The predicted molar refractivity (Wildman–Crippen MR) is 85.9 cm³/mol. The standard InChI is InChI=1S/C17H20F3N3O2/c1-22(2)15(24)9-16(25)6-3-7-23(11-16)14-5-4-12(10-21)8-13(14)17(18,19)20/h4-5,8,25H,3,6-7,9,11H2,1-2H3. The van der Waals surface area contributed by atoms with E-state index in [4.69, 9.17) is 5.26 Å². The van der Waals surface area contributed by atoms with Crippen molar-refractivity contribution in [2.45, 2.75) is 31.0 Å². The molecule has 0 aliphatic carbocycles. The zero-order chi connectivity index (χ0) is 18.8. The Kier molecular flexibility index (Phi) is 5.28. The van der Waals surface area contributed by atoms with Crippen molar-refractivity contribution in [3.05, 3.63) is 29.3 Å². The summed E-state index contributed by atoms with van der Waals surface area (Å²) in [6.45, 7) is 0.273. The summed E-state index contributed by atoms with van der Waals surface area (Å²) in [5.74, 6) is -0.278. The van der Waals surface area contributed by atoms with E-state index in [-0.39, 0.29) is 30.1 Å². The number of nitriles is 1. The van der Waals surface area contributed by atoms with Crippen LogP contribution in [0.5, 0.6) is 0 Å². The first kappa shape index (κ1) is 19.1. The van der Waals surface area contributed by atoms with Crippen LogP contribution in [0.2, 0.25) is 0 Å². The van der Waals surface area contributed by atoms with E-state index >= 15 is 0 Å². The van der Waals surface area contributed by atoms with E-state index in [0.29, 0.717) is 19.4 Å². The van der Waals surface area contributed by atoms with E-state index in [1.807, 2.05) is 0 Å². The number of alkyl halides is 3. The molecule has 1 aliphatic heterocycles. The van der Waals surface area contributed by atoms with Gasteiger partial charge in [0.25, 0.3) is 0 Å². The number of aliphatic hydroxyl groups is 1. The van der Waals surface area contributed by atoms with Gasteiger partial charge in [-0.3, -0.25) is 4.79 Å². The number of benzene rings is 1. The molecular weight excluding hydrogens is 335 g/mol. The molecule has 0 spiro atoms. The molecule has 1 fully saturated rings. The summed E-state index contributed by atoms with van der Waals surface area (Å²) in [6.07, 6.45) is -3.94. The van der Waals surface area contributed by atoms with E-state index in [0.717, 1.165) is 6.07 Å². The highest BCUT2D eigenvalue weighted by Gasteiger charge is 2.40. The Hall–Kier alpha value is -2.27. The largest absolute Gasteiger partial charge is 0.418 e. The van der Waals surface area contributed by atoms with Gasteiger partial charge in [-0.25, -0.2) is 0 Å². The van der Waals surface area contributed by atoms with Crippen molar-refractivity contribution in [3.63, 3.8) is 0 Å². The minimum atomic E-state index is -4.61. The predicted octanol–water partition coefficient (Wildman–Crippen LogP) is 2.39. The number of carbonyl (C=O) groups excluding carboxylic acids is 1. The molecule has 1 unspecified atom stereocenters. The Balaban J connectivity index is 2.33. The van der Waals surface area contributed by atoms with Crippen molar-refractivity contribution >= 4 is 11.6 Å². The molecule has 0 radical (unpaired) electrons. The third kappa shape index (κ3) is 4.42. The molecule has 1 N–H and O–H groups in total. The Morgan fingerprint density at radius 3 is 2.68 bits per heavy atom. The van der Waals surface area contributed by atoms with Gasteiger partial charge in [-0.2, -0.15) is 18.4 Å². The van der Waals surface area contributed by atoms with Crippen LogP contribution >= 0.6 is 0 Å². The van der Waals surface area contributed by atoms with Crippen LogP contribution in [0.15, 0.2) is 18.2 Å². The lowest BCUT2D eigenvalue weighted by molar-refractivity contribution is -0.138. The first-order chi connectivity index (χ1) is 11.6. The van der Waals surface area contributed by atoms with Crippen LogP contribution in [0.4, 0.5) is 18.9 Å². The number of β-amino-alcohol motifs (C(OH)–C–C–N with tert-alkyl or cyclic N) is 1. The monoisotopic (exact) mass is 355 g/mol. The highest BCUT2D eigenvalue weighted by atomic mass is 19.4. The van der Waals surface area contributed by atoms with Crippen molar-refractivity contribution in [1.82, 2.24) is 4.90 Å². The quantitative estimate of drug-likeness (QED) is 0.904. The van der Waals surface area contributed by atoms with Gasteiger partial charge in [-0.1, -0.05) is 0 Å². The van der Waals surface area contributed by atoms with Crippen molar-refractivity contribution in [2.75, 3.05) is 32.1 Å². The summed E-state index contributed by atoms with van der Waals surface area (Å²) in [6, 6.07) is 5.09. The fraction of sp³-hybridized carbons (Fsp3) is 0.529. The number of hydrogen-bond donors (Lipinski definition) is 1. The lowest BCUT2D eigenvalue weighted by Gasteiger charge is -2.41. The minimum absolute atomic E-state index is 0.0679. The van der Waals surface area contributed by atoms with Crippen LogP contribution in [0.25, 0.3) is 0 Å². The van der Waals surface area contributed by atoms with E-state index < -0.39 is 17.3 Å². The molecular formula is C17H20F3N3O2. The molecule has 8 heteroatoms. The Bertz CT molecular complexity index is 697. The van der Waals surface area contributed by atoms with Gasteiger partial charge in [0, 0.05) is 32.9 Å². The number of amides is 1. The second kappa shape index (κ2) is 6.92. The molecule has 0 bridgehead atoms. The average molecular weight is 355 g/mol. The SMILES string of the molecule is CN(C)C(=O)CC1(O)CCCN(c2ccc(C#N)cc2C(F)(F)F)C1. The van der Waals surface area contributed by atoms with Crippen molar-refractivity contribution in [2.24, 2.45) is 0 Å². The van der Waals surface area contributed by atoms with Gasteiger partial charge in [-0.15, -0.1) is 0 Å². The van der Waals surface area contributed by atoms with E-state index in [2.05, 4.69) is 0 Å². The summed E-state index contributed by atoms with van der Waals surface area (Å²) in [5.41, 5.74) is -2.45. The van der Waals surface area contributed by atoms with Gasteiger partial charge in [0.15, 0.2) is 0 Å². The summed E-state index contributed by atoms with van der Waals surface area (Å²) in [4.78, 5) is 14.7. The van der Waals surface area contributed by atoms with Crippen LogP contribution in [0, 0.1) is 11.3 Å². The molecule has 0 saturated carbocycles. The summed E-state index contributed by atoms with van der Waals surface area (Å²) >= 11 is 0. The van der Waals surface area contributed by atoms with Crippen molar-refractivity contribution in [1.29, 1.82) is 5.26 Å². The minimum Gasteiger partial charge on any atom is -0.388 e. The molecule has 1 amide bonds. The number of halogens is 3. The maximum atomic E-state index is 13.4. The maximum absolute atomic E-state index is 13.4. The molecule has 1 atom stereocenters. The maximum Gasteiger partial charge on any atom is 0.418 e. The molecule has 1 aromatic carbocycles. The number of piperidine rings is 1. The van der Waals surface area contributed by atoms with Crippen LogP contribution in [-0.2, 0) is 11.0 Å². The van der Waals surface area contributed by atoms with Gasteiger partial charge in [0.2, 0.25) is 5.91 Å². The van der Waals surface area contributed by atoms with E-state index in [1.54, 1.807) is 20.2 Å². The molecule has 1 aromatic rings. The third-order valence-corrected chi connectivity index (χ3v) is 4.31. The van der Waals surface area contributed by atoms with Crippen LogP contribution in [-0.4, -0.2) is 48.7 Å². The highest BCUT2D eigenvalue weighted by Crippen LogP contribution is 2.39. The van der Waals surface area contributed by atoms with Gasteiger partial charge in [0.05, 0.1) is 29.2 Å². The van der Waals surface area contributed by atoms with Gasteiger partial charge < -0.3 is 14.9 Å². The summed E-state index contributed by atoms with van der Waals surface area (Å²) in [7, 11) is 3.13. The molecule has 2 rings (SSSR count). The van der Waals surface area contributed by atoms with Crippen molar-refractivity contribution < 1.29 is 23.1 Å². The second-order valence-corrected chi connectivity index (χ2v) is 6.56. The highest BCUT2D eigenvalue weighted by molar-refractivity contribution is 5.77. The molecule has 5 nitrogen and oxygen atoms in total. The molecule has 0 aromatic heterocycles. The number of carbonyl (C=O) groups is 1. The zero-order valence-electron chi connectivity index (χ0n) is 14.1. The average Bonchev–Trinajstić information content (AvgIpc) is 2.53. The Labute approximate surface area is 144 Å². The molecule has 1 saturated heterocycles. The van der Waals surface area contributed by atoms with E-state index in [9.17, 15) is 23.1 Å². The first-order valence-electron chi connectivity index (χ1n) is 7.84. The van der Waals surface area contributed by atoms with Gasteiger partial charge >= 0.3 is 6.18 Å². The fourth-order valence-electron chi connectivity index (χ4n) is 3.01. The third-order valence-electron chi connectivity index (χ3n) is 4.31. The zero-order valence-corrected chi connectivity index (χ0v) is 14.1. The number of rotatable bonds is 3. The molecule has 1 aliphatic rings. The number of anilines is 1. The van der Waals surface area contributed by atoms with Crippen LogP contribution < -0.4 is 4.90 Å². The van der Waals surface area contributed by atoms with Crippen LogP contribution in [0.3, 0.4) is 0 Å². The van der Waals surface area contributed by atoms with Gasteiger partial charge in [-0.05, 0) is 31.0 Å². The molecule has 25 heavy (non-hydrogen) atoms. The molecule has 1 heterocycles. The lowest BCUT2D eigenvalue weighted by atomic mass is 9.88. The Morgan fingerprint density at radius 1 is 1.44 bits per heavy atom. The summed E-state index contributed by atoms with van der Waals surface area (Å²) < 4.78 is 40.1.